The lowest BCUT2D eigenvalue weighted by Gasteiger charge is -2.08. The minimum absolute atomic E-state index is 0.333. The van der Waals surface area contributed by atoms with Gasteiger partial charge in [0.15, 0.2) is 0 Å². The smallest absolute Gasteiger partial charge is 0.355 e. The Kier molecular flexibility index (Phi) is 4.95. The lowest BCUT2D eigenvalue weighted by molar-refractivity contribution is -0.128. The Labute approximate surface area is 95.8 Å². The molecule has 0 saturated heterocycles. The number of aromatic amines is 1. The minimum Gasteiger partial charge on any atom is -0.355 e. The number of alkyl halides is 3. The lowest BCUT2D eigenvalue weighted by atomic mass is 10.4. The molecule has 0 aliphatic rings. The van der Waals surface area contributed by atoms with Gasteiger partial charge in [0.2, 0.25) is 5.91 Å². The summed E-state index contributed by atoms with van der Waals surface area (Å²) < 4.78 is 35.2. The van der Waals surface area contributed by atoms with Crippen LogP contribution in [0.2, 0.25) is 0 Å². The third-order valence-corrected chi connectivity index (χ3v) is 1.85. The van der Waals surface area contributed by atoms with E-state index in [1.165, 1.54) is 0 Å². The zero-order valence-corrected chi connectivity index (χ0v) is 8.97. The molecule has 3 N–H and O–H groups in total. The van der Waals surface area contributed by atoms with Crippen molar-refractivity contribution in [2.45, 2.75) is 12.6 Å². The molecule has 0 fully saturated rings. The SMILES string of the molecule is O=C(CNCC(F)(F)F)NCCc1ncc[nH]1. The number of nitrogens with one attached hydrogen (secondary N) is 3. The van der Waals surface area contributed by atoms with Gasteiger partial charge in [-0.15, -0.1) is 0 Å². The van der Waals surface area contributed by atoms with Crippen LogP contribution < -0.4 is 10.6 Å². The predicted molar refractivity (Wildman–Crippen MR) is 54.2 cm³/mol. The highest BCUT2D eigenvalue weighted by Crippen LogP contribution is 2.11. The summed E-state index contributed by atoms with van der Waals surface area (Å²) in [5.41, 5.74) is 0. The summed E-state index contributed by atoms with van der Waals surface area (Å²) in [7, 11) is 0. The molecule has 0 radical (unpaired) electrons. The van der Waals surface area contributed by atoms with Gasteiger partial charge in [-0.05, 0) is 0 Å². The van der Waals surface area contributed by atoms with Crippen LogP contribution in [0, 0.1) is 0 Å². The van der Waals surface area contributed by atoms with E-state index >= 15 is 0 Å². The van der Waals surface area contributed by atoms with Gasteiger partial charge in [0.1, 0.15) is 5.82 Å². The number of nitrogens with zero attached hydrogens (tertiary/aromatic N) is 1. The van der Waals surface area contributed by atoms with Crippen LogP contribution in [0.25, 0.3) is 0 Å². The van der Waals surface area contributed by atoms with Crippen molar-refractivity contribution >= 4 is 5.91 Å². The van der Waals surface area contributed by atoms with Gasteiger partial charge in [0.25, 0.3) is 0 Å². The van der Waals surface area contributed by atoms with Crippen molar-refractivity contribution in [3.8, 4) is 0 Å². The van der Waals surface area contributed by atoms with Crippen LogP contribution in [0.3, 0.4) is 0 Å². The Hall–Kier alpha value is -1.57. The van der Waals surface area contributed by atoms with Gasteiger partial charge in [0, 0.05) is 25.4 Å². The van der Waals surface area contributed by atoms with Crippen LogP contribution in [-0.4, -0.2) is 41.7 Å². The summed E-state index contributed by atoms with van der Waals surface area (Å²) in [6.45, 7) is -1.18. The van der Waals surface area contributed by atoms with Gasteiger partial charge in [-0.1, -0.05) is 0 Å². The molecule has 0 aromatic carbocycles. The van der Waals surface area contributed by atoms with Gasteiger partial charge in [0.05, 0.1) is 13.1 Å². The van der Waals surface area contributed by atoms with Crippen molar-refractivity contribution in [2.75, 3.05) is 19.6 Å². The summed E-state index contributed by atoms with van der Waals surface area (Å²) >= 11 is 0. The first-order chi connectivity index (χ1) is 7.97. The second-order valence-electron chi connectivity index (χ2n) is 3.35. The van der Waals surface area contributed by atoms with E-state index in [1.54, 1.807) is 12.4 Å². The number of amides is 1. The molecule has 0 saturated carbocycles. The fraction of sp³-hybridized carbons (Fsp3) is 0.556. The Balaban J connectivity index is 2.05. The van der Waals surface area contributed by atoms with Crippen molar-refractivity contribution in [2.24, 2.45) is 0 Å². The third kappa shape index (κ3) is 6.56. The maximum atomic E-state index is 11.7. The Bertz CT molecular complexity index is 337. The number of carbonyl (C=O) groups excluding carboxylic acids is 1. The van der Waals surface area contributed by atoms with Crippen LogP contribution in [-0.2, 0) is 11.2 Å². The second kappa shape index (κ2) is 6.24. The topological polar surface area (TPSA) is 69.8 Å². The van der Waals surface area contributed by atoms with E-state index in [9.17, 15) is 18.0 Å². The summed E-state index contributed by atoms with van der Waals surface area (Å²) in [5, 5.41) is 4.49. The first kappa shape index (κ1) is 13.5. The van der Waals surface area contributed by atoms with Crippen molar-refractivity contribution in [1.82, 2.24) is 20.6 Å². The van der Waals surface area contributed by atoms with Crippen molar-refractivity contribution in [3.63, 3.8) is 0 Å². The van der Waals surface area contributed by atoms with Gasteiger partial charge < -0.3 is 15.6 Å². The molecule has 0 atom stereocenters. The van der Waals surface area contributed by atoms with E-state index in [4.69, 9.17) is 0 Å². The number of aromatic nitrogens is 2. The van der Waals surface area contributed by atoms with E-state index < -0.39 is 18.6 Å². The zero-order valence-electron chi connectivity index (χ0n) is 8.97. The summed E-state index contributed by atoms with van der Waals surface area (Å²) in [5.74, 6) is 0.245. The molecular formula is C9H13F3N4O. The van der Waals surface area contributed by atoms with E-state index in [-0.39, 0.29) is 6.54 Å². The average Bonchev–Trinajstić information content (AvgIpc) is 2.68. The third-order valence-electron chi connectivity index (χ3n) is 1.85. The molecule has 1 aromatic rings. The van der Waals surface area contributed by atoms with E-state index in [0.29, 0.717) is 18.8 Å². The van der Waals surface area contributed by atoms with Gasteiger partial charge >= 0.3 is 6.18 Å². The Morgan fingerprint density at radius 3 is 2.82 bits per heavy atom. The first-order valence-corrected chi connectivity index (χ1v) is 5.00. The standard InChI is InChI=1S/C9H13F3N4O/c10-9(11,12)6-13-5-8(17)16-2-1-7-14-3-4-15-7/h3-4,13H,1-2,5-6H2,(H,14,15)(H,16,17). The highest BCUT2D eigenvalue weighted by atomic mass is 19.4. The first-order valence-electron chi connectivity index (χ1n) is 5.00. The monoisotopic (exact) mass is 250 g/mol. The maximum absolute atomic E-state index is 11.7. The average molecular weight is 250 g/mol. The molecular weight excluding hydrogens is 237 g/mol. The molecule has 0 bridgehead atoms. The van der Waals surface area contributed by atoms with Crippen LogP contribution in [0.15, 0.2) is 12.4 Å². The number of hydrogen-bond acceptors (Lipinski definition) is 3. The quantitative estimate of drug-likeness (QED) is 0.676. The van der Waals surface area contributed by atoms with E-state index in [2.05, 4.69) is 15.3 Å². The van der Waals surface area contributed by atoms with E-state index in [1.807, 2.05) is 5.32 Å². The van der Waals surface area contributed by atoms with Crippen molar-refractivity contribution in [3.05, 3.63) is 18.2 Å². The molecule has 0 aliphatic heterocycles. The van der Waals surface area contributed by atoms with Crippen molar-refractivity contribution in [1.29, 1.82) is 0 Å². The summed E-state index contributed by atoms with van der Waals surface area (Å²) in [6, 6.07) is 0. The summed E-state index contributed by atoms with van der Waals surface area (Å²) in [6.07, 6.45) is -0.545. The van der Waals surface area contributed by atoms with Crippen molar-refractivity contribution < 1.29 is 18.0 Å². The molecule has 8 heteroatoms. The minimum atomic E-state index is -4.30. The molecule has 1 rings (SSSR count). The highest BCUT2D eigenvalue weighted by molar-refractivity contribution is 5.77. The second-order valence-corrected chi connectivity index (χ2v) is 3.35. The number of H-pyrrole nitrogens is 1. The normalized spacial score (nSPS) is 11.5. The molecule has 0 spiro atoms. The molecule has 1 amide bonds. The Morgan fingerprint density at radius 2 is 2.24 bits per heavy atom. The molecule has 5 nitrogen and oxygen atoms in total. The van der Waals surface area contributed by atoms with Crippen LogP contribution in [0.5, 0.6) is 0 Å². The van der Waals surface area contributed by atoms with Gasteiger partial charge in [-0.2, -0.15) is 13.2 Å². The van der Waals surface area contributed by atoms with E-state index in [0.717, 1.165) is 0 Å². The fourth-order valence-corrected chi connectivity index (χ4v) is 1.14. The number of imidazole rings is 1. The van der Waals surface area contributed by atoms with Crippen LogP contribution in [0.1, 0.15) is 5.82 Å². The molecule has 17 heavy (non-hydrogen) atoms. The van der Waals surface area contributed by atoms with Crippen LogP contribution >= 0.6 is 0 Å². The maximum Gasteiger partial charge on any atom is 0.401 e. The lowest BCUT2D eigenvalue weighted by Crippen LogP contribution is -2.38. The largest absolute Gasteiger partial charge is 0.401 e. The highest BCUT2D eigenvalue weighted by Gasteiger charge is 2.26. The summed E-state index contributed by atoms with van der Waals surface area (Å²) in [4.78, 5) is 17.9. The fourth-order valence-electron chi connectivity index (χ4n) is 1.14. The number of halogens is 3. The molecule has 96 valence electrons. The van der Waals surface area contributed by atoms with Crippen LogP contribution in [0.4, 0.5) is 13.2 Å². The Morgan fingerprint density at radius 1 is 1.47 bits per heavy atom. The molecule has 0 aliphatic carbocycles. The molecule has 1 aromatic heterocycles. The van der Waals surface area contributed by atoms with Gasteiger partial charge in [-0.25, -0.2) is 4.98 Å². The number of hydrogen-bond donors (Lipinski definition) is 3. The van der Waals surface area contributed by atoms with Gasteiger partial charge in [-0.3, -0.25) is 4.79 Å². The molecule has 0 unspecified atom stereocenters. The number of carbonyl (C=O) groups is 1. The zero-order chi connectivity index (χ0) is 12.7. The number of rotatable bonds is 6. The molecule has 1 heterocycles. The predicted octanol–water partition coefficient (Wildman–Crippen LogP) is 0.220.